The van der Waals surface area contributed by atoms with Gasteiger partial charge in [-0.15, -0.1) is 23.1 Å². The minimum atomic E-state index is 0.536. The average Bonchev–Trinajstić information content (AvgIpc) is 2.60. The lowest BCUT2D eigenvalue weighted by atomic mass is 10.6. The van der Waals surface area contributed by atoms with Crippen LogP contribution in [0.3, 0.4) is 0 Å². The molecule has 72 valence electrons. The fraction of sp³-hybridized carbons (Fsp3) is 0.375. The lowest BCUT2D eigenvalue weighted by Crippen LogP contribution is -1.95. The zero-order valence-corrected chi connectivity index (χ0v) is 8.90. The minimum absolute atomic E-state index is 0.536. The SMILES string of the molecule is NCC=CSCc1csc(CN)n1. The van der Waals surface area contributed by atoms with E-state index in [-0.39, 0.29) is 0 Å². The van der Waals surface area contributed by atoms with E-state index in [0.29, 0.717) is 13.1 Å². The molecule has 0 atom stereocenters. The molecule has 13 heavy (non-hydrogen) atoms. The maximum atomic E-state index is 5.45. The van der Waals surface area contributed by atoms with Crippen LogP contribution in [0.15, 0.2) is 16.9 Å². The normalized spacial score (nSPS) is 11.2. The van der Waals surface area contributed by atoms with E-state index in [1.807, 2.05) is 16.9 Å². The number of hydrogen-bond donors (Lipinski definition) is 2. The summed E-state index contributed by atoms with van der Waals surface area (Å²) in [5, 5.41) is 5.05. The monoisotopic (exact) mass is 215 g/mol. The lowest BCUT2D eigenvalue weighted by Gasteiger charge is -1.90. The van der Waals surface area contributed by atoms with Crippen LogP contribution < -0.4 is 11.5 Å². The second-order valence-electron chi connectivity index (χ2n) is 2.36. The summed E-state index contributed by atoms with van der Waals surface area (Å²) in [6.45, 7) is 1.13. The van der Waals surface area contributed by atoms with Crippen LogP contribution in [-0.2, 0) is 12.3 Å². The second kappa shape index (κ2) is 6.15. The summed E-state index contributed by atoms with van der Waals surface area (Å²) >= 11 is 3.31. The first-order valence-electron chi connectivity index (χ1n) is 3.97. The topological polar surface area (TPSA) is 64.9 Å². The van der Waals surface area contributed by atoms with Crippen molar-refractivity contribution >= 4 is 23.1 Å². The Balaban J connectivity index is 2.32. The first kappa shape index (κ1) is 10.7. The summed E-state index contributed by atoms with van der Waals surface area (Å²) in [6, 6.07) is 0. The molecule has 4 N–H and O–H groups in total. The largest absolute Gasteiger partial charge is 0.327 e. The Labute approximate surface area is 86.2 Å². The number of thioether (sulfide) groups is 1. The quantitative estimate of drug-likeness (QED) is 0.777. The molecule has 3 nitrogen and oxygen atoms in total. The molecule has 0 saturated carbocycles. The number of rotatable bonds is 5. The molecule has 0 aromatic carbocycles. The minimum Gasteiger partial charge on any atom is -0.327 e. The van der Waals surface area contributed by atoms with E-state index in [2.05, 4.69) is 4.98 Å². The Bertz CT molecular complexity index is 270. The molecule has 0 amide bonds. The van der Waals surface area contributed by atoms with Gasteiger partial charge in [0.15, 0.2) is 0 Å². The van der Waals surface area contributed by atoms with Gasteiger partial charge in [-0.1, -0.05) is 6.08 Å². The first-order valence-corrected chi connectivity index (χ1v) is 5.89. The summed E-state index contributed by atoms with van der Waals surface area (Å²) in [7, 11) is 0. The van der Waals surface area contributed by atoms with E-state index in [0.717, 1.165) is 16.5 Å². The molecule has 1 aromatic rings. The second-order valence-corrected chi connectivity index (χ2v) is 4.19. The van der Waals surface area contributed by atoms with Gasteiger partial charge in [-0.3, -0.25) is 0 Å². The summed E-state index contributed by atoms with van der Waals surface area (Å²) < 4.78 is 0. The van der Waals surface area contributed by atoms with Gasteiger partial charge in [-0.2, -0.15) is 0 Å². The van der Waals surface area contributed by atoms with Crippen LogP contribution in [-0.4, -0.2) is 11.5 Å². The standard InChI is InChI=1S/C8H13N3S2/c9-2-1-3-12-5-7-6-13-8(4-10)11-7/h1,3,6H,2,4-5,9-10H2. The van der Waals surface area contributed by atoms with E-state index in [1.165, 1.54) is 0 Å². The maximum Gasteiger partial charge on any atom is 0.106 e. The van der Waals surface area contributed by atoms with Crippen LogP contribution in [0.1, 0.15) is 10.7 Å². The number of hydrogen-bond acceptors (Lipinski definition) is 5. The summed E-state index contributed by atoms with van der Waals surface area (Å²) in [5.41, 5.74) is 11.8. The van der Waals surface area contributed by atoms with E-state index in [1.54, 1.807) is 23.1 Å². The summed E-state index contributed by atoms with van der Waals surface area (Å²) in [4.78, 5) is 4.33. The van der Waals surface area contributed by atoms with Crippen molar-refractivity contribution in [3.05, 3.63) is 27.6 Å². The lowest BCUT2D eigenvalue weighted by molar-refractivity contribution is 1.02. The van der Waals surface area contributed by atoms with Crippen molar-refractivity contribution in [2.45, 2.75) is 12.3 Å². The van der Waals surface area contributed by atoms with Gasteiger partial charge in [0, 0.05) is 24.2 Å². The molecule has 0 spiro atoms. The molecule has 0 unspecified atom stereocenters. The van der Waals surface area contributed by atoms with Gasteiger partial charge in [0.05, 0.1) is 5.69 Å². The molecular formula is C8H13N3S2. The van der Waals surface area contributed by atoms with E-state index in [4.69, 9.17) is 11.5 Å². The van der Waals surface area contributed by atoms with Gasteiger partial charge < -0.3 is 11.5 Å². The van der Waals surface area contributed by atoms with Gasteiger partial charge in [-0.05, 0) is 5.41 Å². The molecule has 0 fully saturated rings. The van der Waals surface area contributed by atoms with E-state index in [9.17, 15) is 0 Å². The fourth-order valence-corrected chi connectivity index (χ4v) is 2.21. The van der Waals surface area contributed by atoms with Crippen molar-refractivity contribution in [1.29, 1.82) is 0 Å². The predicted octanol–water partition coefficient (Wildman–Crippen LogP) is 1.31. The van der Waals surface area contributed by atoms with Crippen molar-refractivity contribution in [2.24, 2.45) is 11.5 Å². The smallest absolute Gasteiger partial charge is 0.106 e. The zero-order chi connectivity index (χ0) is 9.52. The molecule has 0 saturated heterocycles. The van der Waals surface area contributed by atoms with Gasteiger partial charge in [0.25, 0.3) is 0 Å². The van der Waals surface area contributed by atoms with Crippen molar-refractivity contribution in [1.82, 2.24) is 4.98 Å². The van der Waals surface area contributed by atoms with Gasteiger partial charge in [0.1, 0.15) is 5.01 Å². The Morgan fingerprint density at radius 2 is 2.38 bits per heavy atom. The Morgan fingerprint density at radius 3 is 3.00 bits per heavy atom. The van der Waals surface area contributed by atoms with Gasteiger partial charge in [0.2, 0.25) is 0 Å². The highest BCUT2D eigenvalue weighted by molar-refractivity contribution is 8.01. The van der Waals surface area contributed by atoms with Crippen molar-refractivity contribution in [2.75, 3.05) is 6.54 Å². The predicted molar refractivity (Wildman–Crippen MR) is 59.5 cm³/mol. The van der Waals surface area contributed by atoms with Crippen LogP contribution in [0.5, 0.6) is 0 Å². The van der Waals surface area contributed by atoms with Crippen LogP contribution in [0.2, 0.25) is 0 Å². The summed E-state index contributed by atoms with van der Waals surface area (Å²) in [5.74, 6) is 0.896. The Kier molecular flexibility index (Phi) is 5.07. The van der Waals surface area contributed by atoms with Gasteiger partial charge >= 0.3 is 0 Å². The van der Waals surface area contributed by atoms with E-state index < -0.39 is 0 Å². The highest BCUT2D eigenvalue weighted by Crippen LogP contribution is 2.15. The molecule has 0 aliphatic heterocycles. The van der Waals surface area contributed by atoms with Crippen LogP contribution >= 0.6 is 23.1 Å². The summed E-state index contributed by atoms with van der Waals surface area (Å²) in [6.07, 6.45) is 1.93. The number of aromatic nitrogens is 1. The number of thiazole rings is 1. The van der Waals surface area contributed by atoms with Crippen molar-refractivity contribution in [3.8, 4) is 0 Å². The molecule has 0 bridgehead atoms. The van der Waals surface area contributed by atoms with E-state index >= 15 is 0 Å². The highest BCUT2D eigenvalue weighted by atomic mass is 32.2. The molecule has 0 aliphatic rings. The van der Waals surface area contributed by atoms with Crippen LogP contribution in [0.25, 0.3) is 0 Å². The zero-order valence-electron chi connectivity index (χ0n) is 7.27. The molecule has 0 aliphatic carbocycles. The highest BCUT2D eigenvalue weighted by Gasteiger charge is 1.98. The first-order chi connectivity index (χ1) is 6.36. The third-order valence-corrected chi connectivity index (χ3v) is 3.10. The van der Waals surface area contributed by atoms with Crippen molar-refractivity contribution in [3.63, 3.8) is 0 Å². The molecule has 0 radical (unpaired) electrons. The molecule has 1 heterocycles. The maximum absolute atomic E-state index is 5.45. The Hall–Kier alpha value is -0.360. The third kappa shape index (κ3) is 3.91. The third-order valence-electron chi connectivity index (χ3n) is 1.33. The van der Waals surface area contributed by atoms with Gasteiger partial charge in [-0.25, -0.2) is 4.98 Å². The Morgan fingerprint density at radius 1 is 1.54 bits per heavy atom. The number of nitrogens with two attached hydrogens (primary N) is 2. The molecule has 1 aromatic heterocycles. The number of nitrogens with zero attached hydrogens (tertiary/aromatic N) is 1. The molecule has 1 rings (SSSR count). The van der Waals surface area contributed by atoms with Crippen LogP contribution in [0, 0.1) is 0 Å². The molecule has 5 heteroatoms. The van der Waals surface area contributed by atoms with Crippen LogP contribution in [0.4, 0.5) is 0 Å². The fourth-order valence-electron chi connectivity index (χ4n) is 0.766. The van der Waals surface area contributed by atoms with Crippen molar-refractivity contribution < 1.29 is 0 Å². The average molecular weight is 215 g/mol. The molecular weight excluding hydrogens is 202 g/mol.